The van der Waals surface area contributed by atoms with E-state index in [-0.39, 0.29) is 0 Å². The molecule has 0 atom stereocenters. The second-order valence-electron chi connectivity index (χ2n) is 13.1. The molecule has 49 heavy (non-hydrogen) atoms. The van der Waals surface area contributed by atoms with Gasteiger partial charge in [0.15, 0.2) is 0 Å². The molecule has 11 rings (SSSR count). The third-order valence-corrected chi connectivity index (χ3v) is 10.5. The second-order valence-corrected chi connectivity index (χ2v) is 13.1. The van der Waals surface area contributed by atoms with Crippen LogP contribution in [0.2, 0.25) is 0 Å². The highest BCUT2D eigenvalue weighted by Crippen LogP contribution is 2.52. The Balaban J connectivity index is 1.31. The van der Waals surface area contributed by atoms with Gasteiger partial charge in [0.2, 0.25) is 0 Å². The smallest absolute Gasteiger partial charge is 0.0717 e. The van der Waals surface area contributed by atoms with Gasteiger partial charge >= 0.3 is 0 Å². The number of benzene rings is 8. The molecular formula is C47H28N2. The first-order chi connectivity index (χ1) is 24.3. The summed E-state index contributed by atoms with van der Waals surface area (Å²) in [6.45, 7) is 0. The summed E-state index contributed by atoms with van der Waals surface area (Å²) in [4.78, 5) is 5.22. The molecule has 0 unspecified atom stereocenters. The van der Waals surface area contributed by atoms with E-state index >= 15 is 0 Å². The van der Waals surface area contributed by atoms with Crippen molar-refractivity contribution in [1.29, 1.82) is 0 Å². The van der Waals surface area contributed by atoms with Gasteiger partial charge in [0.1, 0.15) is 0 Å². The summed E-state index contributed by atoms with van der Waals surface area (Å²) < 4.78 is 2.51. The number of pyridine rings is 1. The van der Waals surface area contributed by atoms with Gasteiger partial charge in [-0.05, 0) is 74.5 Å². The first-order valence-corrected chi connectivity index (χ1v) is 16.9. The lowest BCUT2D eigenvalue weighted by Gasteiger charge is -2.17. The predicted octanol–water partition coefficient (Wildman–Crippen LogP) is 12.6. The molecule has 0 spiro atoms. The maximum Gasteiger partial charge on any atom is 0.0717 e. The average molecular weight is 621 g/mol. The van der Waals surface area contributed by atoms with Crippen LogP contribution in [-0.4, -0.2) is 9.55 Å². The number of aromatic nitrogens is 2. The van der Waals surface area contributed by atoms with E-state index in [1.165, 1.54) is 76.7 Å². The Bertz CT molecular complexity index is 2970. The number of hydrogen-bond donors (Lipinski definition) is 0. The summed E-state index contributed by atoms with van der Waals surface area (Å²) in [5.41, 5.74) is 14.2. The van der Waals surface area contributed by atoms with Crippen molar-refractivity contribution < 1.29 is 0 Å². The second kappa shape index (κ2) is 10.00. The fourth-order valence-electron chi connectivity index (χ4n) is 8.45. The van der Waals surface area contributed by atoms with Crippen LogP contribution in [0.5, 0.6) is 0 Å². The molecule has 226 valence electrons. The van der Waals surface area contributed by atoms with Crippen LogP contribution in [0.1, 0.15) is 0 Å². The van der Waals surface area contributed by atoms with Crippen molar-refractivity contribution in [3.63, 3.8) is 0 Å². The number of fused-ring (bicyclic) bond motifs is 7. The van der Waals surface area contributed by atoms with Crippen LogP contribution >= 0.6 is 0 Å². The minimum absolute atomic E-state index is 0.979. The van der Waals surface area contributed by atoms with Crippen LogP contribution in [0, 0.1) is 0 Å². The van der Waals surface area contributed by atoms with Gasteiger partial charge in [-0.15, -0.1) is 0 Å². The van der Waals surface area contributed by atoms with Crippen molar-refractivity contribution in [1.82, 2.24) is 9.55 Å². The molecule has 0 bridgehead atoms. The minimum atomic E-state index is 0.979. The topological polar surface area (TPSA) is 17.8 Å². The van der Waals surface area contributed by atoms with Gasteiger partial charge in [0.05, 0.1) is 22.2 Å². The maximum absolute atomic E-state index is 5.22. The molecule has 1 aliphatic carbocycles. The highest BCUT2D eigenvalue weighted by Gasteiger charge is 2.26. The van der Waals surface area contributed by atoms with Crippen LogP contribution in [0.25, 0.3) is 105 Å². The summed E-state index contributed by atoms with van der Waals surface area (Å²) >= 11 is 0. The normalized spacial score (nSPS) is 12.1. The highest BCUT2D eigenvalue weighted by atomic mass is 15.0. The largest absolute Gasteiger partial charge is 0.309 e. The standard InChI is InChI=1S/C47H28N2/c1-3-13-29(14-4-1)39-28-42(30-15-5-2-6-16-30)48-41-26-25-31(27-40(39)41)49-43-24-12-23-37-33-18-8-7-17-32(33)35-21-11-22-36-34-19-9-10-20-38(34)47(49)46(44(35)36)45(37)43/h1-28H. The number of hydrogen-bond acceptors (Lipinski definition) is 1. The third-order valence-electron chi connectivity index (χ3n) is 10.5. The van der Waals surface area contributed by atoms with Crippen molar-refractivity contribution in [3.8, 4) is 50.3 Å². The molecule has 0 N–H and O–H groups in total. The summed E-state index contributed by atoms with van der Waals surface area (Å²) in [7, 11) is 0. The third kappa shape index (κ3) is 3.69. The Morgan fingerprint density at radius 2 is 0.980 bits per heavy atom. The summed E-state index contributed by atoms with van der Waals surface area (Å²) in [5, 5.41) is 8.94. The molecule has 0 saturated heterocycles. The molecule has 0 saturated carbocycles. The quantitative estimate of drug-likeness (QED) is 0.180. The summed E-state index contributed by atoms with van der Waals surface area (Å²) in [6, 6.07) is 61.8. The van der Waals surface area contributed by atoms with E-state index in [4.69, 9.17) is 4.98 Å². The van der Waals surface area contributed by atoms with Crippen molar-refractivity contribution in [3.05, 3.63) is 170 Å². The van der Waals surface area contributed by atoms with E-state index < -0.39 is 0 Å². The van der Waals surface area contributed by atoms with Gasteiger partial charge < -0.3 is 4.57 Å². The van der Waals surface area contributed by atoms with Crippen molar-refractivity contribution in [2.24, 2.45) is 0 Å². The minimum Gasteiger partial charge on any atom is -0.309 e. The lowest BCUT2D eigenvalue weighted by molar-refractivity contribution is 1.19. The molecule has 0 radical (unpaired) electrons. The van der Waals surface area contributed by atoms with Gasteiger partial charge in [-0.2, -0.15) is 0 Å². The van der Waals surface area contributed by atoms with E-state index in [9.17, 15) is 0 Å². The summed E-state index contributed by atoms with van der Waals surface area (Å²) in [5.74, 6) is 0. The lowest BCUT2D eigenvalue weighted by atomic mass is 9.91. The average Bonchev–Trinajstić information content (AvgIpc) is 3.47. The van der Waals surface area contributed by atoms with Gasteiger partial charge in [0, 0.05) is 38.2 Å². The monoisotopic (exact) mass is 620 g/mol. The highest BCUT2D eigenvalue weighted by molar-refractivity contribution is 6.37. The maximum atomic E-state index is 5.22. The van der Waals surface area contributed by atoms with Crippen LogP contribution in [0.4, 0.5) is 0 Å². The van der Waals surface area contributed by atoms with Crippen LogP contribution < -0.4 is 0 Å². The van der Waals surface area contributed by atoms with Crippen molar-refractivity contribution in [2.75, 3.05) is 0 Å². The molecule has 8 aromatic carbocycles. The Kier molecular flexibility index (Phi) is 5.42. The fraction of sp³-hybridized carbons (Fsp3) is 0. The Morgan fingerprint density at radius 1 is 0.367 bits per heavy atom. The summed E-state index contributed by atoms with van der Waals surface area (Å²) in [6.07, 6.45) is 0. The Hall–Kier alpha value is -6.51. The van der Waals surface area contributed by atoms with E-state index in [1.54, 1.807) is 0 Å². The zero-order valence-electron chi connectivity index (χ0n) is 26.6. The Labute approximate surface area is 283 Å². The lowest BCUT2D eigenvalue weighted by Crippen LogP contribution is -1.97. The van der Waals surface area contributed by atoms with Gasteiger partial charge in [-0.1, -0.05) is 140 Å². The number of nitrogens with zero attached hydrogens (tertiary/aromatic N) is 2. The van der Waals surface area contributed by atoms with E-state index in [0.717, 1.165) is 27.8 Å². The van der Waals surface area contributed by atoms with Crippen LogP contribution in [0.3, 0.4) is 0 Å². The molecule has 2 heteroatoms. The Morgan fingerprint density at radius 3 is 1.76 bits per heavy atom. The predicted molar refractivity (Wildman–Crippen MR) is 206 cm³/mol. The molecular weight excluding hydrogens is 593 g/mol. The van der Waals surface area contributed by atoms with Crippen molar-refractivity contribution in [2.45, 2.75) is 0 Å². The molecule has 10 aromatic rings. The van der Waals surface area contributed by atoms with E-state index in [2.05, 4.69) is 174 Å². The molecule has 2 heterocycles. The van der Waals surface area contributed by atoms with Crippen molar-refractivity contribution >= 4 is 54.3 Å². The molecule has 2 aromatic heterocycles. The first kappa shape index (κ1) is 26.5. The first-order valence-electron chi connectivity index (χ1n) is 16.9. The zero-order chi connectivity index (χ0) is 32.1. The molecule has 1 aliphatic rings. The van der Waals surface area contributed by atoms with E-state index in [0.29, 0.717) is 0 Å². The van der Waals surface area contributed by atoms with E-state index in [1.807, 2.05) is 0 Å². The zero-order valence-corrected chi connectivity index (χ0v) is 26.6. The molecule has 0 aliphatic heterocycles. The van der Waals surface area contributed by atoms with Crippen LogP contribution in [0.15, 0.2) is 170 Å². The molecule has 0 amide bonds. The van der Waals surface area contributed by atoms with Gasteiger partial charge in [0.25, 0.3) is 0 Å². The van der Waals surface area contributed by atoms with Gasteiger partial charge in [-0.3, -0.25) is 0 Å². The molecule has 0 fully saturated rings. The fourth-order valence-corrected chi connectivity index (χ4v) is 8.45. The van der Waals surface area contributed by atoms with Gasteiger partial charge in [-0.25, -0.2) is 4.98 Å². The molecule has 2 nitrogen and oxygen atoms in total. The SMILES string of the molecule is c1ccc(-c2cc(-c3ccccc3)c3cc(-n4c5cccc6c5c5c7c(cccc7c7ccccc7c54)-c4ccccc4-6)ccc3n2)cc1. The number of rotatable bonds is 3. The van der Waals surface area contributed by atoms with Crippen LogP contribution in [-0.2, 0) is 0 Å².